The fraction of sp³-hybridized carbons (Fsp3) is 0.0526. The average molecular weight is 383 g/mol. The van der Waals surface area contributed by atoms with Crippen LogP contribution in [0.25, 0.3) is 0 Å². The molecule has 1 heterocycles. The number of aromatic hydroxyl groups is 1. The van der Waals surface area contributed by atoms with Crippen LogP contribution in [0.15, 0.2) is 77.4 Å². The van der Waals surface area contributed by atoms with Gasteiger partial charge in [0.05, 0.1) is 23.5 Å². The summed E-state index contributed by atoms with van der Waals surface area (Å²) in [6, 6.07) is 19.5. The van der Waals surface area contributed by atoms with Gasteiger partial charge in [0, 0.05) is 10.7 Å². The van der Waals surface area contributed by atoms with Crippen molar-refractivity contribution in [3.63, 3.8) is 0 Å². The molecule has 24 heavy (non-hydrogen) atoms. The van der Waals surface area contributed by atoms with Gasteiger partial charge >= 0.3 is 0 Å². The lowest BCUT2D eigenvalue weighted by Gasteiger charge is -2.24. The van der Waals surface area contributed by atoms with E-state index in [-0.39, 0.29) is 18.2 Å². The molecule has 0 aliphatic carbocycles. The van der Waals surface area contributed by atoms with Crippen molar-refractivity contribution >= 4 is 27.5 Å². The molecular weight excluding hydrogens is 368 g/mol. The van der Waals surface area contributed by atoms with E-state index in [1.54, 1.807) is 36.5 Å². The Bertz CT molecular complexity index is 853. The molecule has 120 valence electrons. The molecule has 0 bridgehead atoms. The van der Waals surface area contributed by atoms with E-state index < -0.39 is 0 Å². The molecule has 0 aliphatic rings. The number of anilines is 1. The predicted octanol–water partition coefficient (Wildman–Crippen LogP) is 4.40. The van der Waals surface area contributed by atoms with E-state index in [0.29, 0.717) is 15.7 Å². The summed E-state index contributed by atoms with van der Waals surface area (Å²) in [5, 5.41) is 10.2. The topological polar surface area (TPSA) is 53.4 Å². The molecule has 3 aromatic rings. The summed E-state index contributed by atoms with van der Waals surface area (Å²) in [5.74, 6) is -0.163. The Labute approximate surface area is 148 Å². The number of carbonyl (C=O) groups is 1. The van der Waals surface area contributed by atoms with Crippen LogP contribution in [0.5, 0.6) is 5.75 Å². The monoisotopic (exact) mass is 382 g/mol. The number of halogens is 1. The molecule has 2 aromatic carbocycles. The SMILES string of the molecule is O=C(c1ccccc1Br)N(Cc1ccccn1)c1ccccc1O. The number of amides is 1. The average Bonchev–Trinajstić information content (AvgIpc) is 2.61. The van der Waals surface area contributed by atoms with Crippen molar-refractivity contribution in [2.75, 3.05) is 4.90 Å². The summed E-state index contributed by atoms with van der Waals surface area (Å²) in [6.07, 6.45) is 1.68. The largest absolute Gasteiger partial charge is 0.506 e. The molecule has 3 rings (SSSR count). The van der Waals surface area contributed by atoms with E-state index in [0.717, 1.165) is 5.69 Å². The van der Waals surface area contributed by atoms with Gasteiger partial charge in [0.1, 0.15) is 5.75 Å². The van der Waals surface area contributed by atoms with Gasteiger partial charge in [-0.2, -0.15) is 0 Å². The van der Waals surface area contributed by atoms with Gasteiger partial charge in [-0.15, -0.1) is 0 Å². The van der Waals surface area contributed by atoms with E-state index in [4.69, 9.17) is 0 Å². The molecular formula is C19H15BrN2O2. The first kappa shape index (κ1) is 16.2. The molecule has 1 amide bonds. The first-order chi connectivity index (χ1) is 11.7. The van der Waals surface area contributed by atoms with Crippen LogP contribution in [0, 0.1) is 0 Å². The van der Waals surface area contributed by atoms with E-state index in [1.165, 1.54) is 4.90 Å². The zero-order chi connectivity index (χ0) is 16.9. The van der Waals surface area contributed by atoms with Gasteiger partial charge in [-0.1, -0.05) is 30.3 Å². The number of phenols is 1. The summed E-state index contributed by atoms with van der Waals surface area (Å²) < 4.78 is 0.705. The third-order valence-electron chi connectivity index (χ3n) is 3.57. The molecule has 5 heteroatoms. The number of aromatic nitrogens is 1. The van der Waals surface area contributed by atoms with Crippen molar-refractivity contribution in [2.45, 2.75) is 6.54 Å². The van der Waals surface area contributed by atoms with Crippen molar-refractivity contribution in [3.8, 4) is 5.75 Å². The molecule has 0 unspecified atom stereocenters. The normalized spacial score (nSPS) is 10.4. The quantitative estimate of drug-likeness (QED) is 0.727. The Morgan fingerprint density at radius 2 is 1.71 bits per heavy atom. The van der Waals surface area contributed by atoms with Gasteiger partial charge in [-0.3, -0.25) is 14.7 Å². The van der Waals surface area contributed by atoms with Gasteiger partial charge in [0.25, 0.3) is 5.91 Å². The minimum atomic E-state index is -0.213. The molecule has 0 saturated heterocycles. The molecule has 0 fully saturated rings. The van der Waals surface area contributed by atoms with E-state index >= 15 is 0 Å². The summed E-state index contributed by atoms with van der Waals surface area (Å²) in [4.78, 5) is 18.9. The number of nitrogens with zero attached hydrogens (tertiary/aromatic N) is 2. The molecule has 0 atom stereocenters. The fourth-order valence-corrected chi connectivity index (χ4v) is 2.85. The number of benzene rings is 2. The zero-order valence-corrected chi connectivity index (χ0v) is 14.3. The lowest BCUT2D eigenvalue weighted by molar-refractivity contribution is 0.0983. The molecule has 0 saturated carbocycles. The number of hydrogen-bond acceptors (Lipinski definition) is 3. The number of pyridine rings is 1. The highest BCUT2D eigenvalue weighted by molar-refractivity contribution is 9.10. The zero-order valence-electron chi connectivity index (χ0n) is 12.8. The second-order valence-corrected chi connectivity index (χ2v) is 6.04. The molecule has 4 nitrogen and oxygen atoms in total. The van der Waals surface area contributed by atoms with Crippen LogP contribution in [-0.4, -0.2) is 16.0 Å². The number of rotatable bonds is 4. The predicted molar refractivity (Wildman–Crippen MR) is 97.0 cm³/mol. The maximum absolute atomic E-state index is 13.1. The van der Waals surface area contributed by atoms with Gasteiger partial charge < -0.3 is 5.11 Å². The van der Waals surface area contributed by atoms with Crippen molar-refractivity contribution < 1.29 is 9.90 Å². The standard InChI is InChI=1S/C19H15BrN2O2/c20-16-9-2-1-8-15(16)19(24)22(13-14-7-5-6-12-21-14)17-10-3-4-11-18(17)23/h1-12,23H,13H2. The maximum Gasteiger partial charge on any atom is 0.259 e. The maximum atomic E-state index is 13.1. The Morgan fingerprint density at radius 3 is 2.42 bits per heavy atom. The number of carbonyl (C=O) groups excluding carboxylic acids is 1. The lowest BCUT2D eigenvalue weighted by Crippen LogP contribution is -2.31. The fourth-order valence-electron chi connectivity index (χ4n) is 2.39. The Balaban J connectivity index is 2.04. The summed E-state index contributed by atoms with van der Waals surface area (Å²) in [5.41, 5.74) is 1.71. The summed E-state index contributed by atoms with van der Waals surface area (Å²) in [7, 11) is 0. The minimum absolute atomic E-state index is 0.0498. The van der Waals surface area contributed by atoms with Crippen LogP contribution in [0.2, 0.25) is 0 Å². The first-order valence-corrected chi connectivity index (χ1v) is 8.20. The highest BCUT2D eigenvalue weighted by Crippen LogP contribution is 2.30. The highest BCUT2D eigenvalue weighted by Gasteiger charge is 2.22. The van der Waals surface area contributed by atoms with Crippen molar-refractivity contribution in [1.29, 1.82) is 0 Å². The van der Waals surface area contributed by atoms with Gasteiger partial charge in [-0.05, 0) is 52.3 Å². The Morgan fingerprint density at radius 1 is 1.00 bits per heavy atom. The summed E-state index contributed by atoms with van der Waals surface area (Å²) >= 11 is 3.42. The van der Waals surface area contributed by atoms with E-state index in [1.807, 2.05) is 36.4 Å². The third kappa shape index (κ3) is 3.46. The molecule has 0 aliphatic heterocycles. The van der Waals surface area contributed by atoms with E-state index in [9.17, 15) is 9.90 Å². The second kappa shape index (κ2) is 7.27. The Kier molecular flexibility index (Phi) is 4.91. The van der Waals surface area contributed by atoms with Crippen LogP contribution >= 0.6 is 15.9 Å². The minimum Gasteiger partial charge on any atom is -0.506 e. The van der Waals surface area contributed by atoms with Crippen LogP contribution in [0.4, 0.5) is 5.69 Å². The number of para-hydroxylation sites is 2. The van der Waals surface area contributed by atoms with Gasteiger partial charge in [0.15, 0.2) is 0 Å². The van der Waals surface area contributed by atoms with Gasteiger partial charge in [-0.25, -0.2) is 0 Å². The van der Waals surface area contributed by atoms with Crippen molar-refractivity contribution in [1.82, 2.24) is 4.98 Å². The van der Waals surface area contributed by atoms with Crippen molar-refractivity contribution in [2.24, 2.45) is 0 Å². The van der Waals surface area contributed by atoms with Crippen molar-refractivity contribution in [3.05, 3.63) is 88.7 Å². The highest BCUT2D eigenvalue weighted by atomic mass is 79.9. The smallest absolute Gasteiger partial charge is 0.259 e. The lowest BCUT2D eigenvalue weighted by atomic mass is 10.1. The van der Waals surface area contributed by atoms with E-state index in [2.05, 4.69) is 20.9 Å². The molecule has 0 spiro atoms. The molecule has 0 radical (unpaired) electrons. The Hall–Kier alpha value is -2.66. The third-order valence-corrected chi connectivity index (χ3v) is 4.26. The van der Waals surface area contributed by atoms with Crippen LogP contribution in [0.1, 0.15) is 16.1 Å². The van der Waals surface area contributed by atoms with Crippen LogP contribution in [-0.2, 0) is 6.54 Å². The van der Waals surface area contributed by atoms with Gasteiger partial charge in [0.2, 0.25) is 0 Å². The molecule has 1 N–H and O–H groups in total. The van der Waals surface area contributed by atoms with Crippen LogP contribution in [0.3, 0.4) is 0 Å². The van der Waals surface area contributed by atoms with Crippen LogP contribution < -0.4 is 4.90 Å². The number of hydrogen-bond donors (Lipinski definition) is 1. The summed E-state index contributed by atoms with van der Waals surface area (Å²) in [6.45, 7) is 0.262. The second-order valence-electron chi connectivity index (χ2n) is 5.18. The number of phenolic OH excluding ortho intramolecular Hbond substituents is 1. The first-order valence-electron chi connectivity index (χ1n) is 7.41. The molecule has 1 aromatic heterocycles.